The van der Waals surface area contributed by atoms with E-state index in [0.717, 1.165) is 102 Å². The fourth-order valence-electron chi connectivity index (χ4n) is 9.22. The predicted octanol–water partition coefficient (Wildman–Crippen LogP) is 17.0. The molecule has 0 aromatic carbocycles. The van der Waals surface area contributed by atoms with E-state index in [2.05, 4.69) is 55.4 Å². The van der Waals surface area contributed by atoms with Gasteiger partial charge in [0, 0.05) is 25.7 Å². The van der Waals surface area contributed by atoms with Crippen LogP contribution in [0.5, 0.6) is 0 Å². The van der Waals surface area contributed by atoms with Crippen LogP contribution in [-0.4, -0.2) is 96.7 Å². The van der Waals surface area contributed by atoms with Crippen molar-refractivity contribution in [3.63, 3.8) is 0 Å². The highest BCUT2D eigenvalue weighted by Crippen LogP contribution is 2.45. The molecule has 0 aliphatic heterocycles. The summed E-state index contributed by atoms with van der Waals surface area (Å²) in [6, 6.07) is 0. The summed E-state index contributed by atoms with van der Waals surface area (Å²) < 4.78 is 67.9. The summed E-state index contributed by atoms with van der Waals surface area (Å²) in [5.74, 6) is 0.705. The Morgan fingerprint density at radius 3 is 0.866 bits per heavy atom. The van der Waals surface area contributed by atoms with Crippen molar-refractivity contribution in [2.75, 3.05) is 39.6 Å². The minimum Gasteiger partial charge on any atom is -0.462 e. The van der Waals surface area contributed by atoms with E-state index in [-0.39, 0.29) is 25.7 Å². The number of aliphatic hydroxyl groups is 1. The molecule has 0 aliphatic rings. The molecule has 0 saturated heterocycles. The highest BCUT2D eigenvalue weighted by molar-refractivity contribution is 7.47. The average Bonchev–Trinajstić information content (AvgIpc) is 3.44. The molecule has 3 N–H and O–H groups in total. The zero-order valence-corrected chi connectivity index (χ0v) is 54.9. The fourth-order valence-corrected chi connectivity index (χ4v) is 10.8. The molecule has 0 aromatic rings. The second kappa shape index (κ2) is 53.3. The van der Waals surface area contributed by atoms with Crippen molar-refractivity contribution in [1.82, 2.24) is 0 Å². The van der Waals surface area contributed by atoms with Crippen molar-refractivity contribution in [2.45, 2.75) is 318 Å². The van der Waals surface area contributed by atoms with Crippen molar-refractivity contribution in [1.29, 1.82) is 0 Å². The number of phosphoric ester groups is 2. The normalized spacial score (nSPS) is 14.8. The SMILES string of the molecule is CCC(C)CCCCCCCCCCCCC(=O)OC[C@H](COP(=O)(O)OCC(O)COP(=O)(O)OC[C@@H](COC(=O)CCCCCCCCCC(C)C)OC(=O)CCCCCCCCC(C)C)OC(=O)CCCCCCCCC(C)C. The van der Waals surface area contributed by atoms with Crippen LogP contribution in [0.4, 0.5) is 0 Å². The lowest BCUT2D eigenvalue weighted by Crippen LogP contribution is -2.30. The van der Waals surface area contributed by atoms with Crippen LogP contribution in [-0.2, 0) is 65.4 Å². The minimum atomic E-state index is -4.94. The molecule has 0 rings (SSSR count). The lowest BCUT2D eigenvalue weighted by Gasteiger charge is -2.21. The Bertz CT molecular complexity index is 1650. The number of esters is 4. The molecule has 0 saturated carbocycles. The monoisotopic (exact) mass is 1210 g/mol. The largest absolute Gasteiger partial charge is 0.472 e. The molecule has 0 aromatic heterocycles. The van der Waals surface area contributed by atoms with Crippen LogP contribution < -0.4 is 0 Å². The number of carbonyl (C=O) groups excluding carboxylic acids is 4. The molecule has 19 heteroatoms. The van der Waals surface area contributed by atoms with Gasteiger partial charge in [0.2, 0.25) is 0 Å². The Morgan fingerprint density at radius 1 is 0.341 bits per heavy atom. The second-order valence-electron chi connectivity index (χ2n) is 24.5. The van der Waals surface area contributed by atoms with Gasteiger partial charge in [0.25, 0.3) is 0 Å². The molecular formula is C63H122O17P2. The Balaban J connectivity index is 5.21. The Labute approximate surface area is 498 Å². The summed E-state index contributed by atoms with van der Waals surface area (Å²) in [4.78, 5) is 72.1. The van der Waals surface area contributed by atoms with E-state index < -0.39 is 97.5 Å². The maximum absolute atomic E-state index is 12.9. The van der Waals surface area contributed by atoms with Crippen LogP contribution in [0.2, 0.25) is 0 Å². The number of carbonyl (C=O) groups is 4. The highest BCUT2D eigenvalue weighted by atomic mass is 31.2. The molecular weight excluding hydrogens is 1090 g/mol. The predicted molar refractivity (Wildman–Crippen MR) is 326 cm³/mol. The first kappa shape index (κ1) is 80.1. The summed E-state index contributed by atoms with van der Waals surface area (Å²) in [6.07, 6.45) is 32.5. The maximum Gasteiger partial charge on any atom is 0.472 e. The van der Waals surface area contributed by atoms with Crippen LogP contribution in [0.25, 0.3) is 0 Å². The third-order valence-corrected chi connectivity index (χ3v) is 16.6. The molecule has 0 spiro atoms. The van der Waals surface area contributed by atoms with Crippen LogP contribution in [0, 0.1) is 23.7 Å². The summed E-state index contributed by atoms with van der Waals surface area (Å²) in [6.45, 7) is 13.9. The Kier molecular flexibility index (Phi) is 52.0. The molecule has 6 atom stereocenters. The number of unbranched alkanes of at least 4 members (excludes halogenated alkanes) is 25. The fraction of sp³-hybridized carbons (Fsp3) is 0.937. The van der Waals surface area contributed by atoms with Crippen molar-refractivity contribution < 1.29 is 80.2 Å². The van der Waals surface area contributed by atoms with E-state index in [1.165, 1.54) is 96.3 Å². The van der Waals surface area contributed by atoms with Gasteiger partial charge in [0.1, 0.15) is 19.3 Å². The molecule has 0 fully saturated rings. The quantitative estimate of drug-likeness (QED) is 0.0222. The van der Waals surface area contributed by atoms with Crippen molar-refractivity contribution in [3.05, 3.63) is 0 Å². The van der Waals surface area contributed by atoms with Gasteiger partial charge in [-0.1, -0.05) is 248 Å². The first-order valence-corrected chi connectivity index (χ1v) is 35.7. The molecule has 0 bridgehead atoms. The van der Waals surface area contributed by atoms with Crippen LogP contribution >= 0.6 is 15.6 Å². The first-order valence-electron chi connectivity index (χ1n) is 32.7. The van der Waals surface area contributed by atoms with Gasteiger partial charge in [-0.15, -0.1) is 0 Å². The zero-order chi connectivity index (χ0) is 61.1. The van der Waals surface area contributed by atoms with Crippen LogP contribution in [0.1, 0.15) is 299 Å². The smallest absolute Gasteiger partial charge is 0.462 e. The molecule has 486 valence electrons. The molecule has 4 unspecified atom stereocenters. The average molecular weight is 1210 g/mol. The van der Waals surface area contributed by atoms with Crippen molar-refractivity contribution in [3.8, 4) is 0 Å². The standard InChI is InChI=1S/C63H122O17P2/c1-9-56(8)42-34-26-16-12-10-11-13-17-27-35-43-60(65)73-49-58(79-62(67)45-37-29-21-19-24-32-40-54(4)5)51-77-81(69,70)75-47-57(64)48-76-82(71,72)78-52-59(80-63(68)46-38-30-22-20-25-33-41-55(6)7)50-74-61(66)44-36-28-18-14-15-23-31-39-53(2)3/h53-59,64H,9-52H2,1-8H3,(H,69,70)(H,71,72)/t56?,57?,58-,59-/m1/s1. The highest BCUT2D eigenvalue weighted by Gasteiger charge is 2.30. The van der Waals surface area contributed by atoms with Crippen molar-refractivity contribution >= 4 is 39.5 Å². The van der Waals surface area contributed by atoms with Gasteiger partial charge in [0.05, 0.1) is 26.4 Å². The van der Waals surface area contributed by atoms with Crippen LogP contribution in [0.15, 0.2) is 0 Å². The summed E-state index contributed by atoms with van der Waals surface area (Å²) >= 11 is 0. The first-order chi connectivity index (χ1) is 39.1. The Morgan fingerprint density at radius 2 is 0.585 bits per heavy atom. The molecule has 82 heavy (non-hydrogen) atoms. The zero-order valence-electron chi connectivity index (χ0n) is 53.1. The van der Waals surface area contributed by atoms with E-state index in [1.54, 1.807) is 0 Å². The molecule has 0 heterocycles. The maximum atomic E-state index is 12.9. The number of hydrogen-bond donors (Lipinski definition) is 3. The van der Waals surface area contributed by atoms with Gasteiger partial charge >= 0.3 is 39.5 Å². The third kappa shape index (κ3) is 55.9. The van der Waals surface area contributed by atoms with Gasteiger partial charge in [-0.2, -0.15) is 0 Å². The Hall–Kier alpha value is -1.94. The van der Waals surface area contributed by atoms with Crippen molar-refractivity contribution in [2.24, 2.45) is 23.7 Å². The van der Waals surface area contributed by atoms with Gasteiger partial charge in [0.15, 0.2) is 12.2 Å². The van der Waals surface area contributed by atoms with E-state index in [0.29, 0.717) is 43.4 Å². The summed E-state index contributed by atoms with van der Waals surface area (Å²) in [5, 5.41) is 10.5. The van der Waals surface area contributed by atoms with Gasteiger partial charge in [-0.3, -0.25) is 37.3 Å². The third-order valence-electron chi connectivity index (χ3n) is 14.7. The molecule has 17 nitrogen and oxygen atoms in total. The second-order valence-corrected chi connectivity index (χ2v) is 27.4. The van der Waals surface area contributed by atoms with E-state index in [4.69, 9.17) is 37.0 Å². The lowest BCUT2D eigenvalue weighted by atomic mass is 9.99. The number of ether oxygens (including phenoxy) is 4. The number of aliphatic hydroxyl groups excluding tert-OH is 1. The summed E-state index contributed by atoms with van der Waals surface area (Å²) in [7, 11) is -9.89. The minimum absolute atomic E-state index is 0.100. The number of rotatable bonds is 60. The van der Waals surface area contributed by atoms with Gasteiger partial charge in [-0.05, 0) is 49.4 Å². The van der Waals surface area contributed by atoms with E-state index >= 15 is 0 Å². The molecule has 0 aliphatic carbocycles. The molecule has 0 radical (unpaired) electrons. The molecule has 0 amide bonds. The number of hydrogen-bond acceptors (Lipinski definition) is 15. The van der Waals surface area contributed by atoms with Gasteiger partial charge < -0.3 is 33.8 Å². The number of phosphoric acid groups is 2. The van der Waals surface area contributed by atoms with E-state index in [9.17, 15) is 43.2 Å². The summed E-state index contributed by atoms with van der Waals surface area (Å²) in [5.41, 5.74) is 0. The van der Waals surface area contributed by atoms with E-state index in [1.807, 2.05) is 0 Å². The lowest BCUT2D eigenvalue weighted by molar-refractivity contribution is -0.161. The van der Waals surface area contributed by atoms with Gasteiger partial charge in [-0.25, -0.2) is 9.13 Å². The topological polar surface area (TPSA) is 237 Å². The van der Waals surface area contributed by atoms with Crippen LogP contribution in [0.3, 0.4) is 0 Å².